The molecular formula is C20H16ClNO2. The molecule has 0 unspecified atom stereocenters. The van der Waals surface area contributed by atoms with E-state index in [1.807, 2.05) is 42.5 Å². The molecule has 3 aromatic carbocycles. The number of amides is 1. The third kappa shape index (κ3) is 4.15. The second-order valence-corrected chi connectivity index (χ2v) is 5.67. The Morgan fingerprint density at radius 1 is 0.917 bits per heavy atom. The molecule has 0 aliphatic rings. The van der Waals surface area contributed by atoms with Gasteiger partial charge in [-0.3, -0.25) is 4.79 Å². The van der Waals surface area contributed by atoms with Crippen molar-refractivity contribution in [2.45, 2.75) is 6.61 Å². The van der Waals surface area contributed by atoms with Gasteiger partial charge in [0.1, 0.15) is 12.4 Å². The second kappa shape index (κ2) is 7.66. The first kappa shape index (κ1) is 16.1. The zero-order valence-electron chi connectivity index (χ0n) is 12.9. The quantitative estimate of drug-likeness (QED) is 0.697. The summed E-state index contributed by atoms with van der Waals surface area (Å²) in [5, 5.41) is 3.40. The SMILES string of the molecule is O=C(Nc1cccc(Cl)c1)c1ccccc1OCc1ccccc1. The number of rotatable bonds is 5. The molecule has 0 saturated heterocycles. The van der Waals surface area contributed by atoms with E-state index in [1.54, 1.807) is 36.4 Å². The van der Waals surface area contributed by atoms with Crippen LogP contribution in [0.15, 0.2) is 78.9 Å². The minimum absolute atomic E-state index is 0.235. The first-order valence-corrected chi connectivity index (χ1v) is 7.93. The molecule has 0 aliphatic carbocycles. The van der Waals surface area contributed by atoms with Crippen LogP contribution in [0.4, 0.5) is 5.69 Å². The van der Waals surface area contributed by atoms with Crippen LogP contribution in [-0.2, 0) is 6.61 Å². The smallest absolute Gasteiger partial charge is 0.259 e. The van der Waals surface area contributed by atoms with Gasteiger partial charge in [0.05, 0.1) is 5.56 Å². The molecule has 0 saturated carbocycles. The molecule has 3 aromatic rings. The Balaban J connectivity index is 1.74. The molecule has 1 N–H and O–H groups in total. The third-order valence-electron chi connectivity index (χ3n) is 3.45. The molecule has 0 atom stereocenters. The van der Waals surface area contributed by atoms with Gasteiger partial charge in [-0.2, -0.15) is 0 Å². The summed E-state index contributed by atoms with van der Waals surface area (Å²) in [5.74, 6) is 0.307. The minimum Gasteiger partial charge on any atom is -0.488 e. The van der Waals surface area contributed by atoms with Crippen molar-refractivity contribution in [3.63, 3.8) is 0 Å². The molecule has 0 aliphatic heterocycles. The van der Waals surface area contributed by atoms with Gasteiger partial charge in [-0.15, -0.1) is 0 Å². The van der Waals surface area contributed by atoms with Gasteiger partial charge in [-0.25, -0.2) is 0 Å². The fourth-order valence-corrected chi connectivity index (χ4v) is 2.47. The van der Waals surface area contributed by atoms with Crippen molar-refractivity contribution in [1.29, 1.82) is 0 Å². The molecule has 0 fully saturated rings. The molecule has 0 spiro atoms. The maximum atomic E-state index is 12.5. The number of carbonyl (C=O) groups excluding carboxylic acids is 1. The zero-order valence-corrected chi connectivity index (χ0v) is 13.7. The lowest BCUT2D eigenvalue weighted by molar-refractivity contribution is 0.102. The van der Waals surface area contributed by atoms with Gasteiger partial charge in [0.15, 0.2) is 0 Å². The zero-order chi connectivity index (χ0) is 16.8. The van der Waals surface area contributed by atoms with Gasteiger partial charge >= 0.3 is 0 Å². The first-order valence-electron chi connectivity index (χ1n) is 7.55. The topological polar surface area (TPSA) is 38.3 Å². The number of hydrogen-bond acceptors (Lipinski definition) is 2. The van der Waals surface area contributed by atoms with E-state index in [1.165, 1.54) is 0 Å². The number of benzene rings is 3. The Bertz CT molecular complexity index is 834. The van der Waals surface area contributed by atoms with Crippen LogP contribution < -0.4 is 10.1 Å². The molecule has 0 radical (unpaired) electrons. The average Bonchev–Trinajstić information content (AvgIpc) is 2.61. The summed E-state index contributed by atoms with van der Waals surface area (Å²) in [6.07, 6.45) is 0. The van der Waals surface area contributed by atoms with Crippen LogP contribution in [0.2, 0.25) is 5.02 Å². The van der Waals surface area contributed by atoms with E-state index >= 15 is 0 Å². The number of nitrogens with one attached hydrogen (secondary N) is 1. The van der Waals surface area contributed by atoms with Gasteiger partial charge in [0, 0.05) is 10.7 Å². The van der Waals surface area contributed by atoms with Crippen LogP contribution >= 0.6 is 11.6 Å². The van der Waals surface area contributed by atoms with Crippen molar-refractivity contribution in [2.75, 3.05) is 5.32 Å². The second-order valence-electron chi connectivity index (χ2n) is 5.23. The molecule has 0 bridgehead atoms. The molecular weight excluding hydrogens is 322 g/mol. The van der Waals surface area contributed by atoms with E-state index in [-0.39, 0.29) is 5.91 Å². The van der Waals surface area contributed by atoms with Crippen molar-refractivity contribution < 1.29 is 9.53 Å². The normalized spacial score (nSPS) is 10.2. The van der Waals surface area contributed by atoms with Crippen LogP contribution in [0.3, 0.4) is 0 Å². The number of carbonyl (C=O) groups is 1. The van der Waals surface area contributed by atoms with E-state index in [0.29, 0.717) is 28.6 Å². The Labute approximate surface area is 145 Å². The average molecular weight is 338 g/mol. The van der Waals surface area contributed by atoms with Gasteiger partial charge in [-0.1, -0.05) is 60.1 Å². The molecule has 3 rings (SSSR count). The predicted octanol–water partition coefficient (Wildman–Crippen LogP) is 5.17. The highest BCUT2D eigenvalue weighted by atomic mass is 35.5. The van der Waals surface area contributed by atoms with E-state index in [0.717, 1.165) is 5.56 Å². The molecule has 3 nitrogen and oxygen atoms in total. The van der Waals surface area contributed by atoms with Crippen molar-refractivity contribution in [1.82, 2.24) is 0 Å². The predicted molar refractivity (Wildman–Crippen MR) is 96.6 cm³/mol. The molecule has 24 heavy (non-hydrogen) atoms. The van der Waals surface area contributed by atoms with Crippen LogP contribution in [0.5, 0.6) is 5.75 Å². The molecule has 0 heterocycles. The molecule has 4 heteroatoms. The summed E-state index contributed by atoms with van der Waals surface area (Å²) < 4.78 is 5.82. The summed E-state index contributed by atoms with van der Waals surface area (Å²) in [6.45, 7) is 0.405. The number of anilines is 1. The highest BCUT2D eigenvalue weighted by molar-refractivity contribution is 6.31. The summed E-state index contributed by atoms with van der Waals surface area (Å²) in [5.41, 5.74) is 2.17. The number of hydrogen-bond donors (Lipinski definition) is 1. The van der Waals surface area contributed by atoms with E-state index in [9.17, 15) is 4.79 Å². The molecule has 0 aromatic heterocycles. The highest BCUT2D eigenvalue weighted by Gasteiger charge is 2.12. The van der Waals surface area contributed by atoms with Crippen LogP contribution in [0, 0.1) is 0 Å². The third-order valence-corrected chi connectivity index (χ3v) is 3.69. The van der Waals surface area contributed by atoms with Gasteiger partial charge < -0.3 is 10.1 Å². The number of ether oxygens (including phenoxy) is 1. The van der Waals surface area contributed by atoms with E-state index < -0.39 is 0 Å². The van der Waals surface area contributed by atoms with Crippen LogP contribution in [-0.4, -0.2) is 5.91 Å². The lowest BCUT2D eigenvalue weighted by Crippen LogP contribution is -2.13. The Kier molecular flexibility index (Phi) is 5.14. The maximum absolute atomic E-state index is 12.5. The number of para-hydroxylation sites is 1. The maximum Gasteiger partial charge on any atom is 0.259 e. The summed E-state index contributed by atoms with van der Waals surface area (Å²) in [7, 11) is 0. The number of halogens is 1. The van der Waals surface area contributed by atoms with Crippen molar-refractivity contribution in [3.05, 3.63) is 95.0 Å². The van der Waals surface area contributed by atoms with E-state index in [2.05, 4.69) is 5.32 Å². The van der Waals surface area contributed by atoms with Crippen molar-refractivity contribution in [2.24, 2.45) is 0 Å². The van der Waals surface area contributed by atoms with Crippen LogP contribution in [0.25, 0.3) is 0 Å². The first-order chi connectivity index (χ1) is 11.7. The van der Waals surface area contributed by atoms with Gasteiger partial charge in [0.25, 0.3) is 5.91 Å². The lowest BCUT2D eigenvalue weighted by atomic mass is 10.1. The standard InChI is InChI=1S/C20H16ClNO2/c21-16-9-6-10-17(13-16)22-20(23)18-11-4-5-12-19(18)24-14-15-7-2-1-3-8-15/h1-13H,14H2,(H,22,23). The summed E-state index contributed by atoms with van der Waals surface area (Å²) in [6, 6.07) is 24.0. The molecule has 1 amide bonds. The minimum atomic E-state index is -0.235. The van der Waals surface area contributed by atoms with Crippen LogP contribution in [0.1, 0.15) is 15.9 Å². The lowest BCUT2D eigenvalue weighted by Gasteiger charge is -2.12. The molecule has 120 valence electrons. The van der Waals surface area contributed by atoms with Crippen molar-refractivity contribution >= 4 is 23.2 Å². The summed E-state index contributed by atoms with van der Waals surface area (Å²) in [4.78, 5) is 12.5. The fourth-order valence-electron chi connectivity index (χ4n) is 2.28. The highest BCUT2D eigenvalue weighted by Crippen LogP contribution is 2.22. The van der Waals surface area contributed by atoms with Crippen molar-refractivity contribution in [3.8, 4) is 5.75 Å². The Hall–Kier alpha value is -2.78. The summed E-state index contributed by atoms with van der Waals surface area (Å²) >= 11 is 5.95. The van der Waals surface area contributed by atoms with Gasteiger partial charge in [-0.05, 0) is 35.9 Å². The van der Waals surface area contributed by atoms with E-state index in [4.69, 9.17) is 16.3 Å². The monoisotopic (exact) mass is 337 g/mol. The van der Waals surface area contributed by atoms with Gasteiger partial charge in [0.2, 0.25) is 0 Å². The Morgan fingerprint density at radius 2 is 1.67 bits per heavy atom. The fraction of sp³-hybridized carbons (Fsp3) is 0.0500. The Morgan fingerprint density at radius 3 is 2.46 bits per heavy atom. The largest absolute Gasteiger partial charge is 0.488 e.